The van der Waals surface area contributed by atoms with Crippen LogP contribution in [0, 0.1) is 0 Å². The smallest absolute Gasteiger partial charge is 0.265 e. The number of carbonyl (C=O) groups excluding carboxylic acids is 1. The molecule has 0 amide bonds. The summed E-state index contributed by atoms with van der Waals surface area (Å²) in [7, 11) is 1.59. The van der Waals surface area contributed by atoms with Crippen molar-refractivity contribution in [1.29, 1.82) is 0 Å². The molecule has 0 radical (unpaired) electrons. The normalized spacial score (nSPS) is 11.1. The standard InChI is InChI=1S/C23H22N4O3S/c1-4-27-22(29)19-14-26(25-21(19)24-23(27)31-3)13-15-5-7-16(8-6-15)20(28)17-9-11-18(30-2)12-10-17/h5-12,14H,4,13H2,1-3H3. The van der Waals surface area contributed by atoms with Gasteiger partial charge in [-0.15, -0.1) is 0 Å². The Balaban J connectivity index is 1.56. The van der Waals surface area contributed by atoms with Gasteiger partial charge in [0, 0.05) is 23.9 Å². The van der Waals surface area contributed by atoms with Gasteiger partial charge in [-0.1, -0.05) is 36.0 Å². The van der Waals surface area contributed by atoms with Gasteiger partial charge in [-0.3, -0.25) is 18.8 Å². The van der Waals surface area contributed by atoms with Crippen LogP contribution in [0.4, 0.5) is 0 Å². The zero-order valence-electron chi connectivity index (χ0n) is 17.5. The zero-order chi connectivity index (χ0) is 22.0. The van der Waals surface area contributed by atoms with Crippen LogP contribution in [0.5, 0.6) is 5.75 Å². The number of nitrogens with zero attached hydrogens (tertiary/aromatic N) is 4. The first-order chi connectivity index (χ1) is 15.0. The van der Waals surface area contributed by atoms with Gasteiger partial charge in [-0.25, -0.2) is 4.98 Å². The third-order valence-electron chi connectivity index (χ3n) is 5.06. The molecule has 0 N–H and O–H groups in total. The largest absolute Gasteiger partial charge is 0.497 e. The average Bonchev–Trinajstić information content (AvgIpc) is 3.21. The van der Waals surface area contributed by atoms with Gasteiger partial charge in [0.2, 0.25) is 0 Å². The highest BCUT2D eigenvalue weighted by Gasteiger charge is 2.13. The van der Waals surface area contributed by atoms with E-state index in [1.807, 2.05) is 25.3 Å². The number of thioether (sulfide) groups is 1. The van der Waals surface area contributed by atoms with Crippen molar-refractivity contribution in [3.63, 3.8) is 0 Å². The van der Waals surface area contributed by atoms with Crippen molar-refractivity contribution >= 4 is 28.6 Å². The molecule has 0 aliphatic rings. The van der Waals surface area contributed by atoms with Gasteiger partial charge in [-0.05, 0) is 43.0 Å². The predicted molar refractivity (Wildman–Crippen MR) is 121 cm³/mol. The van der Waals surface area contributed by atoms with Crippen molar-refractivity contribution < 1.29 is 9.53 Å². The Hall–Kier alpha value is -3.39. The van der Waals surface area contributed by atoms with E-state index in [0.717, 1.165) is 5.56 Å². The van der Waals surface area contributed by atoms with Crippen LogP contribution >= 0.6 is 11.8 Å². The van der Waals surface area contributed by atoms with E-state index in [9.17, 15) is 9.59 Å². The fraction of sp³-hybridized carbons (Fsp3) is 0.217. The number of carbonyl (C=O) groups is 1. The highest BCUT2D eigenvalue weighted by molar-refractivity contribution is 7.98. The molecule has 0 atom stereocenters. The Morgan fingerprint density at radius 3 is 2.29 bits per heavy atom. The van der Waals surface area contributed by atoms with E-state index in [2.05, 4.69) is 10.1 Å². The first-order valence-electron chi connectivity index (χ1n) is 9.83. The summed E-state index contributed by atoms with van der Waals surface area (Å²) in [5.74, 6) is 0.663. The summed E-state index contributed by atoms with van der Waals surface area (Å²) in [6.45, 7) is 2.97. The van der Waals surface area contributed by atoms with Crippen molar-refractivity contribution in [3.8, 4) is 5.75 Å². The molecule has 7 nitrogen and oxygen atoms in total. The van der Waals surface area contributed by atoms with E-state index in [-0.39, 0.29) is 11.3 Å². The molecule has 0 saturated heterocycles. The lowest BCUT2D eigenvalue weighted by molar-refractivity contribution is 0.103. The molecule has 8 heteroatoms. The number of hydrogen-bond donors (Lipinski definition) is 0. The molecule has 0 saturated carbocycles. The van der Waals surface area contributed by atoms with E-state index in [4.69, 9.17) is 4.74 Å². The van der Waals surface area contributed by atoms with Crippen molar-refractivity contribution in [2.24, 2.45) is 0 Å². The second kappa shape index (κ2) is 8.77. The minimum absolute atomic E-state index is 0.0482. The maximum atomic E-state index is 12.7. The monoisotopic (exact) mass is 434 g/mol. The highest BCUT2D eigenvalue weighted by Crippen LogP contribution is 2.17. The molecule has 2 heterocycles. The molecule has 158 valence electrons. The number of methoxy groups -OCH3 is 1. The van der Waals surface area contributed by atoms with E-state index in [0.29, 0.717) is 46.2 Å². The summed E-state index contributed by atoms with van der Waals surface area (Å²) in [6.07, 6.45) is 3.63. The number of ketones is 1. The second-order valence-corrected chi connectivity index (χ2v) is 7.74. The van der Waals surface area contributed by atoms with E-state index in [1.54, 1.807) is 59.0 Å². The number of hydrogen-bond acceptors (Lipinski definition) is 6. The molecule has 4 aromatic rings. The lowest BCUT2D eigenvalue weighted by Gasteiger charge is -2.06. The Bertz CT molecular complexity index is 1290. The fourth-order valence-corrected chi connectivity index (χ4v) is 4.01. The Labute approximate surface area is 183 Å². The number of aromatic nitrogens is 4. The number of ether oxygens (including phenoxy) is 1. The van der Waals surface area contributed by atoms with Gasteiger partial charge in [0.05, 0.1) is 13.7 Å². The van der Waals surface area contributed by atoms with E-state index in [1.165, 1.54) is 11.8 Å². The number of rotatable bonds is 7. The summed E-state index contributed by atoms with van der Waals surface area (Å²) in [4.78, 5) is 29.9. The average molecular weight is 435 g/mol. The first kappa shape index (κ1) is 20.9. The first-order valence-corrected chi connectivity index (χ1v) is 11.1. The van der Waals surface area contributed by atoms with E-state index >= 15 is 0 Å². The molecule has 2 aromatic heterocycles. The molecule has 4 rings (SSSR count). The Morgan fingerprint density at radius 2 is 1.71 bits per heavy atom. The van der Waals surface area contributed by atoms with Crippen LogP contribution in [-0.2, 0) is 13.1 Å². The summed E-state index contributed by atoms with van der Waals surface area (Å²) in [5, 5.41) is 5.64. The van der Waals surface area contributed by atoms with Gasteiger partial charge >= 0.3 is 0 Å². The molecule has 31 heavy (non-hydrogen) atoms. The lowest BCUT2D eigenvalue weighted by Crippen LogP contribution is -2.21. The summed E-state index contributed by atoms with van der Waals surface area (Å²) in [5.41, 5.74) is 2.56. The fourth-order valence-electron chi connectivity index (χ4n) is 3.40. The summed E-state index contributed by atoms with van der Waals surface area (Å²) < 4.78 is 8.50. The zero-order valence-corrected chi connectivity index (χ0v) is 18.3. The third-order valence-corrected chi connectivity index (χ3v) is 5.74. The maximum Gasteiger partial charge on any atom is 0.265 e. The maximum absolute atomic E-state index is 12.7. The molecule has 0 unspecified atom stereocenters. The predicted octanol–water partition coefficient (Wildman–Crippen LogP) is 3.62. The van der Waals surface area contributed by atoms with Crippen LogP contribution in [0.15, 0.2) is 64.7 Å². The molecule has 0 aliphatic heterocycles. The van der Waals surface area contributed by atoms with Crippen LogP contribution in [0.3, 0.4) is 0 Å². The van der Waals surface area contributed by atoms with Crippen LogP contribution in [0.25, 0.3) is 11.0 Å². The van der Waals surface area contributed by atoms with Crippen molar-refractivity contribution in [1.82, 2.24) is 19.3 Å². The van der Waals surface area contributed by atoms with E-state index < -0.39 is 0 Å². The molecular formula is C23H22N4O3S. The van der Waals surface area contributed by atoms with Gasteiger partial charge in [0.1, 0.15) is 11.1 Å². The summed E-state index contributed by atoms with van der Waals surface area (Å²) in [6, 6.07) is 14.5. The van der Waals surface area contributed by atoms with Crippen molar-refractivity contribution in [2.75, 3.05) is 13.4 Å². The summed E-state index contributed by atoms with van der Waals surface area (Å²) >= 11 is 1.43. The van der Waals surface area contributed by atoms with Crippen LogP contribution < -0.4 is 10.3 Å². The Morgan fingerprint density at radius 1 is 1.06 bits per heavy atom. The van der Waals surface area contributed by atoms with Crippen LogP contribution in [0.2, 0.25) is 0 Å². The van der Waals surface area contributed by atoms with Crippen molar-refractivity contribution in [3.05, 3.63) is 81.8 Å². The van der Waals surface area contributed by atoms with Crippen LogP contribution in [-0.4, -0.2) is 38.5 Å². The van der Waals surface area contributed by atoms with Gasteiger partial charge in [0.15, 0.2) is 16.6 Å². The quantitative estimate of drug-likeness (QED) is 0.251. The Kier molecular flexibility index (Phi) is 5.90. The van der Waals surface area contributed by atoms with Gasteiger partial charge in [-0.2, -0.15) is 5.10 Å². The van der Waals surface area contributed by atoms with Gasteiger partial charge < -0.3 is 4.74 Å². The molecule has 0 fully saturated rings. The highest BCUT2D eigenvalue weighted by atomic mass is 32.2. The minimum atomic E-state index is -0.0801. The van der Waals surface area contributed by atoms with Gasteiger partial charge in [0.25, 0.3) is 5.56 Å². The molecular weight excluding hydrogens is 412 g/mol. The van der Waals surface area contributed by atoms with Crippen molar-refractivity contribution in [2.45, 2.75) is 25.2 Å². The lowest BCUT2D eigenvalue weighted by atomic mass is 10.0. The third kappa shape index (κ3) is 4.11. The molecule has 2 aromatic carbocycles. The second-order valence-electron chi connectivity index (χ2n) is 6.97. The number of benzene rings is 2. The molecule has 0 spiro atoms. The topological polar surface area (TPSA) is 79.0 Å². The minimum Gasteiger partial charge on any atom is -0.497 e. The number of fused-ring (bicyclic) bond motifs is 1. The van der Waals surface area contributed by atoms with Crippen LogP contribution in [0.1, 0.15) is 28.4 Å². The molecule has 0 bridgehead atoms. The molecule has 0 aliphatic carbocycles. The SMILES string of the molecule is CCn1c(SC)nc2nn(Cc3ccc(C(=O)c4ccc(OC)cc4)cc3)cc2c1=O.